The highest BCUT2D eigenvalue weighted by Crippen LogP contribution is 1.95. The minimum atomic E-state index is 0.749. The van der Waals surface area contributed by atoms with Gasteiger partial charge in [-0.2, -0.15) is 0 Å². The van der Waals surface area contributed by atoms with Crippen LogP contribution in [0.2, 0.25) is 0 Å². The lowest BCUT2D eigenvalue weighted by Crippen LogP contribution is -2.40. The van der Waals surface area contributed by atoms with Crippen molar-refractivity contribution in [3.63, 3.8) is 0 Å². The highest BCUT2D eigenvalue weighted by atomic mass is 16.5. The molecule has 0 spiro atoms. The van der Waals surface area contributed by atoms with E-state index in [1.165, 1.54) is 0 Å². The SMILES string of the molecule is C(#Cc1ccccc1)CNCCN1CCOCC1. The van der Waals surface area contributed by atoms with Gasteiger partial charge >= 0.3 is 0 Å². The Bertz CT molecular complexity index is 388. The fourth-order valence-electron chi connectivity index (χ4n) is 1.88. The molecular weight excluding hydrogens is 224 g/mol. The van der Waals surface area contributed by atoms with Crippen molar-refractivity contribution in [2.24, 2.45) is 0 Å². The zero-order valence-corrected chi connectivity index (χ0v) is 10.7. The van der Waals surface area contributed by atoms with Crippen molar-refractivity contribution in [2.75, 3.05) is 45.9 Å². The summed E-state index contributed by atoms with van der Waals surface area (Å²) < 4.78 is 5.31. The lowest BCUT2D eigenvalue weighted by molar-refractivity contribution is 0.0385. The maximum absolute atomic E-state index is 5.31. The minimum absolute atomic E-state index is 0.749. The molecule has 0 radical (unpaired) electrons. The number of hydrogen-bond donors (Lipinski definition) is 1. The standard InChI is InChI=1S/C15H20N2O/c1-2-5-15(6-3-1)7-4-8-16-9-10-17-11-13-18-14-12-17/h1-3,5-6,16H,8-14H2. The van der Waals surface area contributed by atoms with Crippen molar-refractivity contribution in [2.45, 2.75) is 0 Å². The molecule has 1 fully saturated rings. The van der Waals surface area contributed by atoms with Gasteiger partial charge in [-0.3, -0.25) is 4.90 Å². The van der Waals surface area contributed by atoms with E-state index in [0.717, 1.165) is 51.5 Å². The van der Waals surface area contributed by atoms with E-state index in [1.54, 1.807) is 0 Å². The van der Waals surface area contributed by atoms with Crippen molar-refractivity contribution in [3.05, 3.63) is 35.9 Å². The molecule has 1 heterocycles. The number of rotatable bonds is 4. The van der Waals surface area contributed by atoms with Gasteiger partial charge in [0.05, 0.1) is 19.8 Å². The van der Waals surface area contributed by atoms with E-state index in [1.807, 2.05) is 30.3 Å². The van der Waals surface area contributed by atoms with Gasteiger partial charge in [-0.1, -0.05) is 30.0 Å². The summed E-state index contributed by atoms with van der Waals surface area (Å²) in [6.07, 6.45) is 0. The Morgan fingerprint density at radius 3 is 2.72 bits per heavy atom. The third kappa shape index (κ3) is 4.89. The first-order valence-corrected chi connectivity index (χ1v) is 6.50. The maximum atomic E-state index is 5.31. The quantitative estimate of drug-likeness (QED) is 0.631. The smallest absolute Gasteiger partial charge is 0.0594 e. The van der Waals surface area contributed by atoms with Crippen LogP contribution in [0.15, 0.2) is 30.3 Å². The first-order valence-electron chi connectivity index (χ1n) is 6.50. The number of ether oxygens (including phenoxy) is 1. The average molecular weight is 244 g/mol. The molecule has 0 aliphatic carbocycles. The molecule has 0 saturated carbocycles. The van der Waals surface area contributed by atoms with Gasteiger partial charge in [-0.25, -0.2) is 0 Å². The van der Waals surface area contributed by atoms with E-state index in [0.29, 0.717) is 0 Å². The van der Waals surface area contributed by atoms with Crippen LogP contribution in [0, 0.1) is 11.8 Å². The Morgan fingerprint density at radius 1 is 1.17 bits per heavy atom. The van der Waals surface area contributed by atoms with Crippen LogP contribution in [0.4, 0.5) is 0 Å². The lowest BCUT2D eigenvalue weighted by Gasteiger charge is -2.26. The largest absolute Gasteiger partial charge is 0.379 e. The predicted octanol–water partition coefficient (Wildman–Crippen LogP) is 0.960. The van der Waals surface area contributed by atoms with Crippen LogP contribution < -0.4 is 5.32 Å². The number of benzene rings is 1. The Hall–Kier alpha value is -1.34. The molecule has 1 aliphatic heterocycles. The first-order chi connectivity index (χ1) is 8.95. The molecule has 0 atom stereocenters. The van der Waals surface area contributed by atoms with Gasteiger partial charge in [-0.15, -0.1) is 0 Å². The molecule has 2 rings (SSSR count). The molecule has 0 unspecified atom stereocenters. The molecule has 1 N–H and O–H groups in total. The van der Waals surface area contributed by atoms with Crippen LogP contribution >= 0.6 is 0 Å². The van der Waals surface area contributed by atoms with Crippen molar-refractivity contribution in [1.29, 1.82) is 0 Å². The number of hydrogen-bond acceptors (Lipinski definition) is 3. The molecule has 0 aromatic heterocycles. The van der Waals surface area contributed by atoms with E-state index in [9.17, 15) is 0 Å². The number of nitrogens with one attached hydrogen (secondary N) is 1. The summed E-state index contributed by atoms with van der Waals surface area (Å²) in [5, 5.41) is 3.35. The Morgan fingerprint density at radius 2 is 1.94 bits per heavy atom. The van der Waals surface area contributed by atoms with Crippen molar-refractivity contribution in [1.82, 2.24) is 10.2 Å². The van der Waals surface area contributed by atoms with E-state index in [-0.39, 0.29) is 0 Å². The van der Waals surface area contributed by atoms with Gasteiger partial charge in [0, 0.05) is 31.7 Å². The van der Waals surface area contributed by atoms with Crippen LogP contribution in [0.25, 0.3) is 0 Å². The lowest BCUT2D eigenvalue weighted by atomic mass is 10.2. The summed E-state index contributed by atoms with van der Waals surface area (Å²) >= 11 is 0. The summed E-state index contributed by atoms with van der Waals surface area (Å²) in [6, 6.07) is 10.1. The summed E-state index contributed by atoms with van der Waals surface area (Å²) in [5.41, 5.74) is 1.08. The molecule has 1 saturated heterocycles. The van der Waals surface area contributed by atoms with Gasteiger partial charge in [0.1, 0.15) is 0 Å². The maximum Gasteiger partial charge on any atom is 0.0594 e. The van der Waals surface area contributed by atoms with Gasteiger partial charge in [-0.05, 0) is 12.1 Å². The normalized spacial score (nSPS) is 16.0. The highest BCUT2D eigenvalue weighted by molar-refractivity contribution is 5.33. The third-order valence-corrected chi connectivity index (χ3v) is 2.93. The molecule has 0 bridgehead atoms. The minimum Gasteiger partial charge on any atom is -0.379 e. The van der Waals surface area contributed by atoms with Crippen LogP contribution in [-0.2, 0) is 4.74 Å². The second-order valence-electron chi connectivity index (χ2n) is 4.30. The summed E-state index contributed by atoms with van der Waals surface area (Å²) in [7, 11) is 0. The molecule has 18 heavy (non-hydrogen) atoms. The first kappa shape index (κ1) is 13.1. The van der Waals surface area contributed by atoms with Gasteiger partial charge in [0.2, 0.25) is 0 Å². The summed E-state index contributed by atoms with van der Waals surface area (Å²) in [6.45, 7) is 6.66. The number of morpholine rings is 1. The molecule has 1 aromatic rings. The molecule has 3 heteroatoms. The molecule has 0 amide bonds. The van der Waals surface area contributed by atoms with E-state index >= 15 is 0 Å². The van der Waals surface area contributed by atoms with Crippen LogP contribution in [0.3, 0.4) is 0 Å². The van der Waals surface area contributed by atoms with Gasteiger partial charge in [0.15, 0.2) is 0 Å². The molecule has 96 valence electrons. The van der Waals surface area contributed by atoms with Crippen molar-refractivity contribution >= 4 is 0 Å². The summed E-state index contributed by atoms with van der Waals surface area (Å²) in [4.78, 5) is 2.42. The zero-order chi connectivity index (χ0) is 12.5. The third-order valence-electron chi connectivity index (χ3n) is 2.93. The van der Waals surface area contributed by atoms with Crippen molar-refractivity contribution < 1.29 is 4.74 Å². The fourth-order valence-corrected chi connectivity index (χ4v) is 1.88. The second kappa shape index (κ2) is 7.88. The van der Waals surface area contributed by atoms with E-state index in [4.69, 9.17) is 4.74 Å². The topological polar surface area (TPSA) is 24.5 Å². The van der Waals surface area contributed by atoms with E-state index < -0.39 is 0 Å². The Labute approximate surface area is 109 Å². The molecule has 1 aromatic carbocycles. The monoisotopic (exact) mass is 244 g/mol. The molecule has 3 nitrogen and oxygen atoms in total. The predicted molar refractivity (Wildman–Crippen MR) is 73.4 cm³/mol. The Kier molecular flexibility index (Phi) is 5.74. The van der Waals surface area contributed by atoms with Gasteiger partial charge < -0.3 is 10.1 Å². The molecular formula is C15H20N2O. The van der Waals surface area contributed by atoms with Crippen LogP contribution in [0.5, 0.6) is 0 Å². The Balaban J connectivity index is 1.57. The highest BCUT2D eigenvalue weighted by Gasteiger charge is 2.08. The van der Waals surface area contributed by atoms with E-state index in [2.05, 4.69) is 22.1 Å². The van der Waals surface area contributed by atoms with Gasteiger partial charge in [0.25, 0.3) is 0 Å². The van der Waals surface area contributed by atoms with Crippen LogP contribution in [-0.4, -0.2) is 50.8 Å². The molecule has 1 aliphatic rings. The fraction of sp³-hybridized carbons (Fsp3) is 0.467. The van der Waals surface area contributed by atoms with Crippen molar-refractivity contribution in [3.8, 4) is 11.8 Å². The average Bonchev–Trinajstić information content (AvgIpc) is 2.45. The van der Waals surface area contributed by atoms with Crippen LogP contribution in [0.1, 0.15) is 5.56 Å². The second-order valence-corrected chi connectivity index (χ2v) is 4.30. The number of nitrogens with zero attached hydrogens (tertiary/aromatic N) is 1. The summed E-state index contributed by atoms with van der Waals surface area (Å²) in [5.74, 6) is 6.27. The zero-order valence-electron chi connectivity index (χ0n) is 10.7.